The summed E-state index contributed by atoms with van der Waals surface area (Å²) in [5.74, 6) is 0.963. The van der Waals surface area contributed by atoms with Gasteiger partial charge in [-0.05, 0) is 73.6 Å². The number of nitrogens with zero attached hydrogens (tertiary/aromatic N) is 2. The van der Waals surface area contributed by atoms with E-state index in [4.69, 9.17) is 4.74 Å². The lowest BCUT2D eigenvalue weighted by Crippen LogP contribution is -2.44. The minimum atomic E-state index is -0.442. The molecule has 2 fully saturated rings. The van der Waals surface area contributed by atoms with Crippen molar-refractivity contribution in [2.45, 2.75) is 57.8 Å². The van der Waals surface area contributed by atoms with Crippen LogP contribution in [0.3, 0.4) is 0 Å². The maximum atomic E-state index is 10.6. The first kappa shape index (κ1) is 17.2. The zero-order chi connectivity index (χ0) is 15.8. The molecule has 2 heterocycles. The molecule has 124 valence electrons. The lowest BCUT2D eigenvalue weighted by molar-refractivity contribution is -0.0913. The summed E-state index contributed by atoms with van der Waals surface area (Å²) in [5, 5.41) is 10.6. The van der Waals surface area contributed by atoms with E-state index in [2.05, 4.69) is 37.7 Å². The van der Waals surface area contributed by atoms with E-state index in [1.807, 2.05) is 13.8 Å². The molecule has 0 bridgehead atoms. The average Bonchev–Trinajstić information content (AvgIpc) is 2.50. The van der Waals surface area contributed by atoms with Gasteiger partial charge in [0.2, 0.25) is 0 Å². The third-order valence-electron chi connectivity index (χ3n) is 5.43. The Kier molecular flexibility index (Phi) is 5.04. The predicted molar refractivity (Wildman–Crippen MR) is 86.5 cm³/mol. The number of rotatable bonds is 4. The molecular weight excluding hydrogens is 264 g/mol. The SMILES string of the molecule is CN1CCC(CN(C)CC2C(O)C(C)(C)OC2(C)C)CC1. The number of aliphatic hydroxyl groups is 1. The normalized spacial score (nSPS) is 33.7. The Bertz CT molecular complexity index is 349. The summed E-state index contributed by atoms with van der Waals surface area (Å²) in [4.78, 5) is 4.81. The zero-order valence-electron chi connectivity index (χ0n) is 14.7. The molecule has 0 amide bonds. The lowest BCUT2D eigenvalue weighted by Gasteiger charge is -2.35. The topological polar surface area (TPSA) is 35.9 Å². The number of aliphatic hydroxyl groups excluding tert-OH is 1. The van der Waals surface area contributed by atoms with E-state index in [-0.39, 0.29) is 11.5 Å². The summed E-state index contributed by atoms with van der Waals surface area (Å²) < 4.78 is 6.08. The molecule has 4 nitrogen and oxygen atoms in total. The highest BCUT2D eigenvalue weighted by atomic mass is 16.5. The van der Waals surface area contributed by atoms with Crippen molar-refractivity contribution >= 4 is 0 Å². The van der Waals surface area contributed by atoms with Gasteiger partial charge in [0, 0.05) is 19.0 Å². The highest BCUT2D eigenvalue weighted by molar-refractivity contribution is 5.02. The van der Waals surface area contributed by atoms with Gasteiger partial charge in [-0.15, -0.1) is 0 Å². The second-order valence-corrected chi connectivity index (χ2v) is 8.33. The second-order valence-electron chi connectivity index (χ2n) is 8.33. The molecule has 0 aromatic carbocycles. The van der Waals surface area contributed by atoms with Crippen molar-refractivity contribution in [2.24, 2.45) is 11.8 Å². The quantitative estimate of drug-likeness (QED) is 0.859. The molecule has 2 unspecified atom stereocenters. The van der Waals surface area contributed by atoms with Crippen LogP contribution in [0.25, 0.3) is 0 Å². The van der Waals surface area contributed by atoms with Crippen LogP contribution in [0.1, 0.15) is 40.5 Å². The van der Waals surface area contributed by atoms with Gasteiger partial charge in [0.15, 0.2) is 0 Å². The van der Waals surface area contributed by atoms with Crippen molar-refractivity contribution < 1.29 is 9.84 Å². The van der Waals surface area contributed by atoms with Gasteiger partial charge < -0.3 is 19.6 Å². The number of hydrogen-bond donors (Lipinski definition) is 1. The van der Waals surface area contributed by atoms with Crippen LogP contribution in [0.2, 0.25) is 0 Å². The molecule has 4 heteroatoms. The van der Waals surface area contributed by atoms with Crippen molar-refractivity contribution in [3.05, 3.63) is 0 Å². The van der Waals surface area contributed by atoms with E-state index in [1.165, 1.54) is 25.9 Å². The molecule has 0 aromatic heterocycles. The van der Waals surface area contributed by atoms with Crippen LogP contribution in [0.15, 0.2) is 0 Å². The molecule has 0 saturated carbocycles. The molecule has 1 N–H and O–H groups in total. The van der Waals surface area contributed by atoms with Crippen molar-refractivity contribution in [2.75, 3.05) is 40.3 Å². The van der Waals surface area contributed by atoms with Gasteiger partial charge in [-0.3, -0.25) is 0 Å². The highest BCUT2D eigenvalue weighted by Crippen LogP contribution is 2.42. The number of hydrogen-bond acceptors (Lipinski definition) is 4. The minimum absolute atomic E-state index is 0.170. The number of piperidine rings is 1. The van der Waals surface area contributed by atoms with E-state index in [0.717, 1.165) is 19.0 Å². The monoisotopic (exact) mass is 298 g/mol. The van der Waals surface area contributed by atoms with Crippen LogP contribution < -0.4 is 0 Å². The standard InChI is InChI=1S/C17H34N2O2/c1-16(2)14(15(20)17(3,4)21-16)12-19(6)11-13-7-9-18(5)10-8-13/h13-15,20H,7-12H2,1-6H3. The molecule has 2 saturated heterocycles. The molecule has 21 heavy (non-hydrogen) atoms. The fraction of sp³-hybridized carbons (Fsp3) is 1.00. The van der Waals surface area contributed by atoms with Crippen LogP contribution in [0.4, 0.5) is 0 Å². The first-order valence-corrected chi connectivity index (χ1v) is 8.37. The van der Waals surface area contributed by atoms with E-state index >= 15 is 0 Å². The van der Waals surface area contributed by atoms with E-state index in [0.29, 0.717) is 0 Å². The van der Waals surface area contributed by atoms with E-state index in [1.54, 1.807) is 0 Å². The molecule has 0 aromatic rings. The van der Waals surface area contributed by atoms with Gasteiger partial charge >= 0.3 is 0 Å². The van der Waals surface area contributed by atoms with Crippen molar-refractivity contribution in [3.8, 4) is 0 Å². The summed E-state index contributed by atoms with van der Waals surface area (Å²) in [5.41, 5.74) is -0.702. The third kappa shape index (κ3) is 3.98. The zero-order valence-corrected chi connectivity index (χ0v) is 14.7. The average molecular weight is 298 g/mol. The third-order valence-corrected chi connectivity index (χ3v) is 5.43. The summed E-state index contributed by atoms with van der Waals surface area (Å²) in [6.45, 7) is 12.7. The first-order valence-electron chi connectivity index (χ1n) is 8.37. The van der Waals surface area contributed by atoms with Gasteiger partial charge in [0.25, 0.3) is 0 Å². The number of likely N-dealkylation sites (tertiary alicyclic amines) is 1. The van der Waals surface area contributed by atoms with E-state index in [9.17, 15) is 5.11 Å². The summed E-state index contributed by atoms with van der Waals surface area (Å²) >= 11 is 0. The van der Waals surface area contributed by atoms with Gasteiger partial charge in [-0.1, -0.05) is 0 Å². The molecule has 0 aliphatic carbocycles. The Labute approximate surface area is 130 Å². The van der Waals surface area contributed by atoms with Crippen LogP contribution in [-0.2, 0) is 4.74 Å². The second kappa shape index (κ2) is 6.15. The van der Waals surface area contributed by atoms with Crippen molar-refractivity contribution in [1.29, 1.82) is 0 Å². The molecule has 0 spiro atoms. The molecule has 2 aliphatic rings. The fourth-order valence-corrected chi connectivity index (χ4v) is 4.09. The predicted octanol–water partition coefficient (Wildman–Crippen LogP) is 1.82. The maximum Gasteiger partial charge on any atom is 0.0896 e. The van der Waals surface area contributed by atoms with Crippen molar-refractivity contribution in [1.82, 2.24) is 9.80 Å². The summed E-state index contributed by atoms with van der Waals surface area (Å²) in [6.07, 6.45) is 2.19. The van der Waals surface area contributed by atoms with Gasteiger partial charge in [0.1, 0.15) is 0 Å². The Morgan fingerprint density at radius 3 is 2.14 bits per heavy atom. The largest absolute Gasteiger partial charge is 0.390 e. The maximum absolute atomic E-state index is 10.6. The van der Waals surface area contributed by atoms with Crippen LogP contribution in [0.5, 0.6) is 0 Å². The van der Waals surface area contributed by atoms with Gasteiger partial charge in [-0.25, -0.2) is 0 Å². The Morgan fingerprint density at radius 1 is 1.10 bits per heavy atom. The molecule has 2 aliphatic heterocycles. The van der Waals surface area contributed by atoms with Crippen LogP contribution >= 0.6 is 0 Å². The highest BCUT2D eigenvalue weighted by Gasteiger charge is 2.53. The minimum Gasteiger partial charge on any atom is -0.390 e. The van der Waals surface area contributed by atoms with Crippen LogP contribution in [-0.4, -0.2) is 72.5 Å². The lowest BCUT2D eigenvalue weighted by atomic mass is 9.84. The number of ether oxygens (including phenoxy) is 1. The smallest absolute Gasteiger partial charge is 0.0896 e. The van der Waals surface area contributed by atoms with Gasteiger partial charge in [0.05, 0.1) is 17.3 Å². The van der Waals surface area contributed by atoms with Crippen molar-refractivity contribution in [3.63, 3.8) is 0 Å². The molecule has 2 rings (SSSR count). The van der Waals surface area contributed by atoms with E-state index < -0.39 is 11.7 Å². The molecular formula is C17H34N2O2. The molecule has 2 atom stereocenters. The Balaban J connectivity index is 1.88. The van der Waals surface area contributed by atoms with Crippen LogP contribution in [0, 0.1) is 11.8 Å². The van der Waals surface area contributed by atoms with Gasteiger partial charge in [-0.2, -0.15) is 0 Å². The Hall–Kier alpha value is -0.160. The fourth-order valence-electron chi connectivity index (χ4n) is 4.09. The summed E-state index contributed by atoms with van der Waals surface area (Å²) in [6, 6.07) is 0. The summed E-state index contributed by atoms with van der Waals surface area (Å²) in [7, 11) is 4.39. The molecule has 0 radical (unpaired) electrons. The first-order chi connectivity index (χ1) is 9.62. The Morgan fingerprint density at radius 2 is 1.67 bits per heavy atom.